The number of hydrogen-bond donors (Lipinski definition) is 5. The van der Waals surface area contributed by atoms with Gasteiger partial charge in [0, 0.05) is 47.3 Å². The Morgan fingerprint density at radius 3 is 2.22 bits per heavy atom. The summed E-state index contributed by atoms with van der Waals surface area (Å²) in [5, 5.41) is 26.6. The van der Waals surface area contributed by atoms with Crippen molar-refractivity contribution in [1.29, 1.82) is 0 Å². The number of nitrogens with zero attached hydrogens (tertiary/aromatic N) is 4. The molecule has 1 aliphatic carbocycles. The number of aromatic nitrogens is 4. The van der Waals surface area contributed by atoms with E-state index in [0.29, 0.717) is 47.0 Å². The van der Waals surface area contributed by atoms with Crippen molar-refractivity contribution < 1.29 is 23.9 Å². The number of ether oxygens (including phenoxy) is 1. The van der Waals surface area contributed by atoms with Gasteiger partial charge in [-0.05, 0) is 145 Å². The second-order valence-corrected chi connectivity index (χ2v) is 16.9. The molecule has 5 N–H and O–H groups in total. The molecule has 0 bridgehead atoms. The lowest BCUT2D eigenvalue weighted by atomic mass is 9.81. The van der Waals surface area contributed by atoms with E-state index in [1.807, 2.05) is 64.1 Å². The molecule has 1 atom stereocenters. The van der Waals surface area contributed by atoms with Crippen molar-refractivity contribution >= 4 is 41.1 Å². The lowest BCUT2D eigenvalue weighted by Gasteiger charge is -2.29. The number of alkyl carbamates (subject to hydrolysis) is 1. The van der Waals surface area contributed by atoms with E-state index in [9.17, 15) is 19.2 Å². The van der Waals surface area contributed by atoms with Crippen LogP contribution in [-0.4, -0.2) is 93.7 Å². The third kappa shape index (κ3) is 11.4. The summed E-state index contributed by atoms with van der Waals surface area (Å²) in [6, 6.07) is 17.8. The van der Waals surface area contributed by atoms with Gasteiger partial charge in [0.2, 0.25) is 17.6 Å². The lowest BCUT2D eigenvalue weighted by molar-refractivity contribution is -0.130. The number of rotatable bonds is 12. The van der Waals surface area contributed by atoms with E-state index in [4.69, 9.17) is 16.3 Å². The average molecular weight is 812 g/mol. The van der Waals surface area contributed by atoms with Crippen LogP contribution >= 0.6 is 11.6 Å². The number of benzene rings is 3. The highest BCUT2D eigenvalue weighted by atomic mass is 35.5. The van der Waals surface area contributed by atoms with E-state index in [1.165, 1.54) is 0 Å². The van der Waals surface area contributed by atoms with Gasteiger partial charge in [-0.1, -0.05) is 41.9 Å². The van der Waals surface area contributed by atoms with Gasteiger partial charge in [0.1, 0.15) is 11.6 Å². The quantitative estimate of drug-likeness (QED) is 0.109. The molecule has 14 nitrogen and oxygen atoms in total. The average Bonchev–Trinajstić information content (AvgIpc) is 3.74. The van der Waals surface area contributed by atoms with Crippen molar-refractivity contribution in [2.45, 2.75) is 90.3 Å². The summed E-state index contributed by atoms with van der Waals surface area (Å²) in [4.78, 5) is 55.2. The van der Waals surface area contributed by atoms with E-state index >= 15 is 0 Å². The number of piperidine rings is 1. The van der Waals surface area contributed by atoms with Gasteiger partial charge in [-0.15, -0.1) is 10.2 Å². The molecule has 6 rings (SSSR count). The third-order valence-electron chi connectivity index (χ3n) is 10.9. The maximum absolute atomic E-state index is 13.9. The molecule has 1 unspecified atom stereocenters. The van der Waals surface area contributed by atoms with Crippen LogP contribution < -0.4 is 21.3 Å². The maximum atomic E-state index is 13.9. The Morgan fingerprint density at radius 2 is 1.59 bits per heavy atom. The fourth-order valence-corrected chi connectivity index (χ4v) is 7.79. The predicted molar refractivity (Wildman–Crippen MR) is 223 cm³/mol. The monoisotopic (exact) mass is 811 g/mol. The molecule has 1 aromatic heterocycles. The van der Waals surface area contributed by atoms with Crippen molar-refractivity contribution in [3.05, 3.63) is 82.4 Å². The Kier molecular flexibility index (Phi) is 13.8. The van der Waals surface area contributed by atoms with Crippen LogP contribution in [0.4, 0.5) is 10.5 Å². The maximum Gasteiger partial charge on any atom is 0.407 e. The molecule has 1 saturated heterocycles. The first-order valence-corrected chi connectivity index (χ1v) is 20.4. The summed E-state index contributed by atoms with van der Waals surface area (Å²) < 4.78 is 5.36. The molecular formula is C43H54ClN9O5. The van der Waals surface area contributed by atoms with Crippen LogP contribution in [0.15, 0.2) is 60.7 Å². The largest absolute Gasteiger partial charge is 0.444 e. The zero-order valence-corrected chi connectivity index (χ0v) is 34.6. The van der Waals surface area contributed by atoms with Gasteiger partial charge in [0.05, 0.1) is 5.02 Å². The highest BCUT2D eigenvalue weighted by molar-refractivity contribution is 6.34. The minimum Gasteiger partial charge on any atom is -0.444 e. The summed E-state index contributed by atoms with van der Waals surface area (Å²) in [5.41, 5.74) is 4.49. The van der Waals surface area contributed by atoms with E-state index in [-0.39, 0.29) is 42.0 Å². The van der Waals surface area contributed by atoms with Gasteiger partial charge in [0.15, 0.2) is 0 Å². The Bertz CT molecular complexity index is 2040. The van der Waals surface area contributed by atoms with Gasteiger partial charge in [-0.25, -0.2) is 4.79 Å². The predicted octanol–water partition coefficient (Wildman–Crippen LogP) is 6.32. The zero-order valence-electron chi connectivity index (χ0n) is 33.9. The molecule has 4 amide bonds. The molecule has 0 radical (unpaired) electrons. The molecule has 1 aliphatic heterocycles. The number of carbonyl (C=O) groups excluding carboxylic acids is 4. The smallest absolute Gasteiger partial charge is 0.407 e. The first kappa shape index (κ1) is 42.3. The van der Waals surface area contributed by atoms with Crippen LogP contribution in [0.3, 0.4) is 0 Å². The normalized spacial score (nSPS) is 18.2. The van der Waals surface area contributed by atoms with Gasteiger partial charge in [-0.3, -0.25) is 14.4 Å². The van der Waals surface area contributed by atoms with Crippen LogP contribution in [0.25, 0.3) is 22.5 Å². The van der Waals surface area contributed by atoms with Crippen molar-refractivity contribution in [2.75, 3.05) is 32.0 Å². The van der Waals surface area contributed by atoms with Crippen molar-refractivity contribution in [3.63, 3.8) is 0 Å². The van der Waals surface area contributed by atoms with Crippen LogP contribution in [0, 0.1) is 18.8 Å². The molecule has 58 heavy (non-hydrogen) atoms. The summed E-state index contributed by atoms with van der Waals surface area (Å²) in [6.07, 6.45) is 4.46. The van der Waals surface area contributed by atoms with Gasteiger partial charge < -0.3 is 30.9 Å². The van der Waals surface area contributed by atoms with Crippen molar-refractivity contribution in [3.8, 4) is 22.5 Å². The highest BCUT2D eigenvalue weighted by Crippen LogP contribution is 2.33. The number of hydrogen-bond acceptors (Lipinski definition) is 9. The lowest BCUT2D eigenvalue weighted by Crippen LogP contribution is -2.48. The number of likely N-dealkylation sites (tertiary alicyclic amines) is 1. The van der Waals surface area contributed by atoms with E-state index in [2.05, 4.69) is 53.8 Å². The summed E-state index contributed by atoms with van der Waals surface area (Å²) in [6.45, 7) is 9.72. The molecule has 3 aromatic carbocycles. The fourth-order valence-electron chi connectivity index (χ4n) is 7.51. The molecular weight excluding hydrogens is 758 g/mol. The van der Waals surface area contributed by atoms with Crippen LogP contribution in [0.1, 0.15) is 80.8 Å². The Hall–Kier alpha value is -5.34. The summed E-state index contributed by atoms with van der Waals surface area (Å²) in [5.74, 6) is -0.238. The number of tetrazole rings is 1. The van der Waals surface area contributed by atoms with Crippen LogP contribution in [0.5, 0.6) is 0 Å². The van der Waals surface area contributed by atoms with Crippen molar-refractivity contribution in [1.82, 2.24) is 41.5 Å². The number of carbonyl (C=O) groups is 4. The summed E-state index contributed by atoms with van der Waals surface area (Å²) >= 11 is 6.89. The summed E-state index contributed by atoms with van der Waals surface area (Å²) in [7, 11) is 2.09. The van der Waals surface area contributed by atoms with Gasteiger partial charge in [0.25, 0.3) is 5.91 Å². The number of nitrogens with one attached hydrogen (secondary N) is 5. The Morgan fingerprint density at radius 1 is 0.914 bits per heavy atom. The standard InChI is InChI=1S/C43H54ClN9O5/c1-26-34(40(55)46-33-20-22-53(5)23-21-33)18-19-35(37(26)44)29-10-6-27(7-11-29)24-36(41(56)47-32-16-14-30(15-17-32)38-49-51-52-50-38)48-39(54)31-12-8-28(9-13-31)25-45-42(57)58-43(2,3)4/h6-7,10-11,14-19,28,31,33,36H,8-9,12-13,20-25H2,1-5H3,(H,45,57)(H,46,55)(H,47,56)(H,48,54)(H,49,50,51,52). The van der Waals surface area contributed by atoms with E-state index in [1.54, 1.807) is 24.3 Å². The fraction of sp³-hybridized carbons (Fsp3) is 0.465. The molecule has 4 aromatic rings. The number of anilines is 1. The number of H-pyrrole nitrogens is 1. The van der Waals surface area contributed by atoms with Crippen molar-refractivity contribution in [2.24, 2.45) is 11.8 Å². The second-order valence-electron chi connectivity index (χ2n) is 16.5. The number of amides is 4. The molecule has 308 valence electrons. The SMILES string of the molecule is Cc1c(C(=O)NC2CCN(C)CC2)ccc(-c2ccc(CC(NC(=O)C3CCC(CNC(=O)OC(C)(C)C)CC3)C(=O)Nc3ccc(-c4nn[nH]n4)cc3)cc2)c1Cl. The number of halogens is 1. The highest BCUT2D eigenvalue weighted by Gasteiger charge is 2.31. The molecule has 2 heterocycles. The Labute approximate surface area is 344 Å². The molecule has 0 spiro atoms. The first-order chi connectivity index (χ1) is 27.7. The zero-order chi connectivity index (χ0) is 41.4. The van der Waals surface area contributed by atoms with Crippen LogP contribution in [-0.2, 0) is 20.7 Å². The van der Waals surface area contributed by atoms with Crippen LogP contribution in [0.2, 0.25) is 5.02 Å². The minimum absolute atomic E-state index is 0.117. The van der Waals surface area contributed by atoms with Gasteiger partial charge >= 0.3 is 6.09 Å². The van der Waals surface area contributed by atoms with Gasteiger partial charge in [-0.2, -0.15) is 5.21 Å². The molecule has 2 fully saturated rings. The molecule has 1 saturated carbocycles. The molecule has 2 aliphatic rings. The second kappa shape index (κ2) is 18.9. The molecule has 15 heteroatoms. The van der Waals surface area contributed by atoms with E-state index in [0.717, 1.165) is 61.0 Å². The third-order valence-corrected chi connectivity index (χ3v) is 11.4. The minimum atomic E-state index is -0.866. The number of aromatic amines is 1. The first-order valence-electron chi connectivity index (χ1n) is 20.0. The Balaban J connectivity index is 1.11. The van der Waals surface area contributed by atoms with E-state index < -0.39 is 17.7 Å². The topological polar surface area (TPSA) is 183 Å².